The predicted molar refractivity (Wildman–Crippen MR) is 88.2 cm³/mol. The molecule has 0 aliphatic heterocycles. The molecule has 3 heteroatoms. The molecule has 0 aromatic heterocycles. The Kier molecular flexibility index (Phi) is 5.01. The van der Waals surface area contributed by atoms with Crippen molar-refractivity contribution >= 4 is 5.91 Å². The lowest BCUT2D eigenvalue weighted by molar-refractivity contribution is 0.0717. The minimum Gasteiger partial charge on any atom is -0.493 e. The van der Waals surface area contributed by atoms with E-state index in [-0.39, 0.29) is 5.91 Å². The van der Waals surface area contributed by atoms with Gasteiger partial charge in [-0.3, -0.25) is 4.79 Å². The number of carbonyl (C=O) groups is 1. The third-order valence-electron chi connectivity index (χ3n) is 4.98. The second kappa shape index (κ2) is 7.17. The highest BCUT2D eigenvalue weighted by Gasteiger charge is 2.23. The van der Waals surface area contributed by atoms with Crippen molar-refractivity contribution in [2.75, 3.05) is 13.7 Å². The maximum absolute atomic E-state index is 12.6. The maximum Gasteiger partial charge on any atom is 0.253 e. The van der Waals surface area contributed by atoms with Gasteiger partial charge in [-0.15, -0.1) is 0 Å². The molecule has 0 spiro atoms. The van der Waals surface area contributed by atoms with Crippen LogP contribution in [0.25, 0.3) is 0 Å². The Labute approximate surface area is 133 Å². The topological polar surface area (TPSA) is 29.5 Å². The van der Waals surface area contributed by atoms with Gasteiger partial charge >= 0.3 is 0 Å². The third kappa shape index (κ3) is 4.02. The van der Waals surface area contributed by atoms with Gasteiger partial charge < -0.3 is 9.64 Å². The number of amides is 1. The van der Waals surface area contributed by atoms with E-state index in [0.29, 0.717) is 6.04 Å². The Bertz CT molecular complexity index is 485. The SMILES string of the molecule is CN(C(=O)c1ccc(OCC2CC2)cc1)C1CCCCCC1. The highest BCUT2D eigenvalue weighted by molar-refractivity contribution is 5.94. The molecule has 3 rings (SSSR count). The quantitative estimate of drug-likeness (QED) is 0.760. The molecular formula is C19H27NO2. The normalized spacial score (nSPS) is 19.5. The molecule has 0 bridgehead atoms. The van der Waals surface area contributed by atoms with Crippen LogP contribution in [0.1, 0.15) is 61.7 Å². The van der Waals surface area contributed by atoms with E-state index in [4.69, 9.17) is 4.74 Å². The molecule has 1 aromatic carbocycles. The number of benzene rings is 1. The van der Waals surface area contributed by atoms with E-state index in [0.717, 1.165) is 36.7 Å². The van der Waals surface area contributed by atoms with Crippen molar-refractivity contribution in [3.05, 3.63) is 29.8 Å². The zero-order valence-electron chi connectivity index (χ0n) is 13.6. The summed E-state index contributed by atoms with van der Waals surface area (Å²) in [6.45, 7) is 0.815. The molecule has 120 valence electrons. The number of rotatable bonds is 5. The molecule has 0 unspecified atom stereocenters. The zero-order valence-corrected chi connectivity index (χ0v) is 13.6. The molecule has 0 heterocycles. The molecule has 3 nitrogen and oxygen atoms in total. The average molecular weight is 301 g/mol. The van der Waals surface area contributed by atoms with Gasteiger partial charge in [0.05, 0.1) is 6.61 Å². The molecule has 22 heavy (non-hydrogen) atoms. The Morgan fingerprint density at radius 1 is 1.05 bits per heavy atom. The van der Waals surface area contributed by atoms with Crippen molar-refractivity contribution < 1.29 is 9.53 Å². The number of ether oxygens (including phenoxy) is 1. The van der Waals surface area contributed by atoms with Crippen molar-refractivity contribution in [3.8, 4) is 5.75 Å². The summed E-state index contributed by atoms with van der Waals surface area (Å²) in [4.78, 5) is 14.6. The summed E-state index contributed by atoms with van der Waals surface area (Å²) in [6.07, 6.45) is 9.99. The Hall–Kier alpha value is -1.51. The van der Waals surface area contributed by atoms with Crippen LogP contribution in [0, 0.1) is 5.92 Å². The first-order valence-electron chi connectivity index (χ1n) is 8.74. The van der Waals surface area contributed by atoms with Crippen molar-refractivity contribution in [2.24, 2.45) is 5.92 Å². The highest BCUT2D eigenvalue weighted by Crippen LogP contribution is 2.29. The average Bonchev–Trinajstić information content (AvgIpc) is 3.38. The summed E-state index contributed by atoms with van der Waals surface area (Å²) in [7, 11) is 1.95. The molecule has 0 radical (unpaired) electrons. The van der Waals surface area contributed by atoms with E-state index >= 15 is 0 Å². The van der Waals surface area contributed by atoms with E-state index < -0.39 is 0 Å². The summed E-state index contributed by atoms with van der Waals surface area (Å²) in [6, 6.07) is 8.06. The van der Waals surface area contributed by atoms with Crippen molar-refractivity contribution in [1.82, 2.24) is 4.90 Å². The summed E-state index contributed by atoms with van der Waals surface area (Å²) in [5.41, 5.74) is 0.769. The summed E-state index contributed by atoms with van der Waals surface area (Å²) >= 11 is 0. The van der Waals surface area contributed by atoms with Gasteiger partial charge in [0.1, 0.15) is 5.75 Å². The largest absolute Gasteiger partial charge is 0.493 e. The first kappa shape index (κ1) is 15.4. The molecule has 0 atom stereocenters. The van der Waals surface area contributed by atoms with Crippen molar-refractivity contribution in [1.29, 1.82) is 0 Å². The molecule has 2 saturated carbocycles. The predicted octanol–water partition coefficient (Wildman–Crippen LogP) is 4.27. The van der Waals surface area contributed by atoms with Gasteiger partial charge in [-0.05, 0) is 55.9 Å². The molecule has 2 fully saturated rings. The van der Waals surface area contributed by atoms with Crippen LogP contribution in [0.15, 0.2) is 24.3 Å². The first-order chi connectivity index (χ1) is 10.7. The van der Waals surface area contributed by atoms with Crippen LogP contribution in [0.4, 0.5) is 0 Å². The maximum atomic E-state index is 12.6. The summed E-state index contributed by atoms with van der Waals surface area (Å²) in [5.74, 6) is 1.77. The molecular weight excluding hydrogens is 274 g/mol. The number of nitrogens with zero attached hydrogens (tertiary/aromatic N) is 1. The van der Waals surface area contributed by atoms with Gasteiger partial charge in [-0.2, -0.15) is 0 Å². The van der Waals surface area contributed by atoms with Crippen LogP contribution < -0.4 is 4.74 Å². The highest BCUT2D eigenvalue weighted by atomic mass is 16.5. The number of hydrogen-bond acceptors (Lipinski definition) is 2. The fourth-order valence-corrected chi connectivity index (χ4v) is 3.21. The molecule has 0 saturated heterocycles. The van der Waals surface area contributed by atoms with E-state index in [9.17, 15) is 4.79 Å². The molecule has 2 aliphatic rings. The third-order valence-corrected chi connectivity index (χ3v) is 4.98. The van der Waals surface area contributed by atoms with Gasteiger partial charge in [0, 0.05) is 18.7 Å². The zero-order chi connectivity index (χ0) is 15.4. The van der Waals surface area contributed by atoms with Crippen molar-refractivity contribution in [2.45, 2.75) is 57.4 Å². The van der Waals surface area contributed by atoms with Crippen LogP contribution in [-0.2, 0) is 0 Å². The summed E-state index contributed by atoms with van der Waals surface area (Å²) in [5, 5.41) is 0. The lowest BCUT2D eigenvalue weighted by Gasteiger charge is -2.27. The van der Waals surface area contributed by atoms with E-state index in [1.165, 1.54) is 38.5 Å². The first-order valence-corrected chi connectivity index (χ1v) is 8.74. The van der Waals surface area contributed by atoms with Crippen LogP contribution in [-0.4, -0.2) is 30.5 Å². The van der Waals surface area contributed by atoms with Crippen LogP contribution in [0.2, 0.25) is 0 Å². The molecule has 1 aromatic rings. The van der Waals surface area contributed by atoms with Gasteiger partial charge in [-0.1, -0.05) is 25.7 Å². The standard InChI is InChI=1S/C19H27NO2/c1-20(17-6-4-2-3-5-7-17)19(21)16-10-12-18(13-11-16)22-14-15-8-9-15/h10-13,15,17H,2-9,14H2,1H3. The monoisotopic (exact) mass is 301 g/mol. The lowest BCUT2D eigenvalue weighted by atomic mass is 10.1. The van der Waals surface area contributed by atoms with Crippen LogP contribution in [0.5, 0.6) is 5.75 Å². The molecule has 2 aliphatic carbocycles. The van der Waals surface area contributed by atoms with E-state index in [1.54, 1.807) is 0 Å². The van der Waals surface area contributed by atoms with Gasteiger partial charge in [0.25, 0.3) is 5.91 Å². The Morgan fingerprint density at radius 2 is 1.68 bits per heavy atom. The fraction of sp³-hybridized carbons (Fsp3) is 0.632. The Balaban J connectivity index is 1.57. The number of hydrogen-bond donors (Lipinski definition) is 0. The second-order valence-corrected chi connectivity index (χ2v) is 6.84. The van der Waals surface area contributed by atoms with Crippen molar-refractivity contribution in [3.63, 3.8) is 0 Å². The minimum atomic E-state index is 0.139. The minimum absolute atomic E-state index is 0.139. The molecule has 0 N–H and O–H groups in total. The van der Waals surface area contributed by atoms with E-state index in [2.05, 4.69) is 0 Å². The molecule has 1 amide bonds. The summed E-state index contributed by atoms with van der Waals surface area (Å²) < 4.78 is 5.73. The lowest BCUT2D eigenvalue weighted by Crippen LogP contribution is -2.36. The second-order valence-electron chi connectivity index (χ2n) is 6.84. The van der Waals surface area contributed by atoms with Crippen LogP contribution >= 0.6 is 0 Å². The van der Waals surface area contributed by atoms with Gasteiger partial charge in [0.2, 0.25) is 0 Å². The fourth-order valence-electron chi connectivity index (χ4n) is 3.21. The van der Waals surface area contributed by atoms with Crippen LogP contribution in [0.3, 0.4) is 0 Å². The number of carbonyl (C=O) groups excluding carboxylic acids is 1. The van der Waals surface area contributed by atoms with Gasteiger partial charge in [0.15, 0.2) is 0 Å². The Morgan fingerprint density at radius 3 is 2.27 bits per heavy atom. The van der Waals surface area contributed by atoms with E-state index in [1.807, 2.05) is 36.2 Å². The smallest absolute Gasteiger partial charge is 0.253 e. The van der Waals surface area contributed by atoms with Gasteiger partial charge in [-0.25, -0.2) is 0 Å².